The van der Waals surface area contributed by atoms with Crippen molar-refractivity contribution in [2.75, 3.05) is 13.2 Å². The van der Waals surface area contributed by atoms with Crippen LogP contribution < -0.4 is 0 Å². The molecule has 6 nitrogen and oxygen atoms in total. The van der Waals surface area contributed by atoms with E-state index in [-0.39, 0.29) is 13.2 Å². The summed E-state index contributed by atoms with van der Waals surface area (Å²) >= 11 is 0. The minimum atomic E-state index is -2.79. The average molecular weight is 405 g/mol. The Hall–Kier alpha value is -1.37. The number of carbonyl (C=O) groups is 2. The van der Waals surface area contributed by atoms with E-state index in [1.54, 1.807) is 0 Å². The summed E-state index contributed by atoms with van der Waals surface area (Å²) in [7, 11) is -2.79. The third-order valence-corrected chi connectivity index (χ3v) is 4.94. The number of hydrogen-bond acceptors (Lipinski definition) is 6. The summed E-state index contributed by atoms with van der Waals surface area (Å²) in [6.07, 6.45) is 12.0. The molecule has 0 N–H and O–H groups in total. The topological polar surface area (TPSA) is 86.7 Å². The second kappa shape index (κ2) is 18.0. The fourth-order valence-corrected chi connectivity index (χ4v) is 3.01. The van der Waals surface area contributed by atoms with Crippen molar-refractivity contribution in [3.8, 4) is 0 Å². The minimum Gasteiger partial charge on any atom is -0.465 e. The summed E-state index contributed by atoms with van der Waals surface area (Å²) in [5.74, 6) is -1.66. The maximum absolute atomic E-state index is 11.9. The summed E-state index contributed by atoms with van der Waals surface area (Å²) in [5.41, 5.74) is 0. The average Bonchev–Trinajstić information content (AvgIpc) is 2.64. The Morgan fingerprint density at radius 1 is 0.667 bits per heavy atom. The number of unbranched alkanes of at least 4 members (excludes halogenated alkanes) is 10. The molecule has 0 aromatic heterocycles. The molecule has 0 saturated carbocycles. The molecule has 0 atom stereocenters. The van der Waals surface area contributed by atoms with Crippen molar-refractivity contribution in [1.82, 2.24) is 0 Å². The van der Waals surface area contributed by atoms with Crippen LogP contribution >= 0.6 is 0 Å². The molecule has 27 heavy (non-hydrogen) atoms. The van der Waals surface area contributed by atoms with Crippen LogP contribution in [0.25, 0.3) is 0 Å². The van der Waals surface area contributed by atoms with E-state index < -0.39 is 33.5 Å². The summed E-state index contributed by atoms with van der Waals surface area (Å²) < 4.78 is 32.4. The highest BCUT2D eigenvalue weighted by atomic mass is 32.2. The Morgan fingerprint density at radius 3 is 1.59 bits per heavy atom. The molecule has 0 rings (SSSR count). The van der Waals surface area contributed by atoms with Gasteiger partial charge in [-0.05, 0) is 12.8 Å². The van der Waals surface area contributed by atoms with Crippen LogP contribution in [-0.4, -0.2) is 38.4 Å². The molecule has 0 bridgehead atoms. The van der Waals surface area contributed by atoms with Gasteiger partial charge in [0, 0.05) is 0 Å². The lowest BCUT2D eigenvalue weighted by molar-refractivity contribution is -0.143. The van der Waals surface area contributed by atoms with Crippen LogP contribution in [0.3, 0.4) is 0 Å². The Kier molecular flexibility index (Phi) is 17.1. The molecule has 0 saturated heterocycles. The van der Waals surface area contributed by atoms with E-state index in [1.165, 1.54) is 25.7 Å². The Bertz CT molecular complexity index is 531. The third kappa shape index (κ3) is 15.4. The van der Waals surface area contributed by atoms with Gasteiger partial charge in [-0.25, -0.2) is 4.79 Å². The molecule has 0 aliphatic rings. The normalized spacial score (nSPS) is 10.4. The molecule has 0 radical (unpaired) electrons. The van der Waals surface area contributed by atoms with Gasteiger partial charge in [0.25, 0.3) is 0 Å². The van der Waals surface area contributed by atoms with Gasteiger partial charge in [0.2, 0.25) is 10.3 Å². The van der Waals surface area contributed by atoms with Crippen molar-refractivity contribution in [3.05, 3.63) is 0 Å². The van der Waals surface area contributed by atoms with Gasteiger partial charge in [-0.3, -0.25) is 4.79 Å². The van der Waals surface area contributed by atoms with Gasteiger partial charge in [-0.1, -0.05) is 78.1 Å². The molecule has 0 aromatic carbocycles. The van der Waals surface area contributed by atoms with Crippen molar-refractivity contribution in [2.24, 2.45) is 0 Å². The second-order valence-corrected chi connectivity index (χ2v) is 7.69. The van der Waals surface area contributed by atoms with Crippen LogP contribution in [0.5, 0.6) is 0 Å². The number of esters is 2. The molecule has 0 amide bonds. The van der Waals surface area contributed by atoms with Crippen molar-refractivity contribution in [3.63, 3.8) is 0 Å². The lowest BCUT2D eigenvalue weighted by Gasteiger charge is -2.07. The van der Waals surface area contributed by atoms with Crippen LogP contribution in [0, 0.1) is 0 Å². The SMILES string of the molecule is CCCCCCCCOC(=O)CC(C(=O)OCCCCCCCC)=S(=O)=O. The predicted octanol–water partition coefficient (Wildman–Crippen LogP) is 4.24. The molecular weight excluding hydrogens is 368 g/mol. The maximum Gasteiger partial charge on any atom is 0.350 e. The van der Waals surface area contributed by atoms with Crippen molar-refractivity contribution >= 4 is 27.1 Å². The monoisotopic (exact) mass is 404 g/mol. The van der Waals surface area contributed by atoms with Crippen molar-refractivity contribution in [2.45, 2.75) is 97.3 Å². The first-order valence-electron chi connectivity index (χ1n) is 10.3. The summed E-state index contributed by atoms with van der Waals surface area (Å²) in [5, 5.41) is 0. The molecule has 0 unspecified atom stereocenters. The van der Waals surface area contributed by atoms with E-state index in [0.29, 0.717) is 6.42 Å². The lowest BCUT2D eigenvalue weighted by Crippen LogP contribution is -2.23. The van der Waals surface area contributed by atoms with Crippen molar-refractivity contribution in [1.29, 1.82) is 0 Å². The minimum absolute atomic E-state index is 0.165. The molecule has 158 valence electrons. The number of rotatable bonds is 17. The van der Waals surface area contributed by atoms with E-state index >= 15 is 0 Å². The van der Waals surface area contributed by atoms with Gasteiger partial charge in [-0.15, -0.1) is 0 Å². The Morgan fingerprint density at radius 2 is 1.11 bits per heavy atom. The van der Waals surface area contributed by atoms with Gasteiger partial charge in [0.15, 0.2) is 4.86 Å². The van der Waals surface area contributed by atoms with E-state index in [9.17, 15) is 18.0 Å². The second-order valence-electron chi connectivity index (χ2n) is 6.73. The standard InChI is InChI=1S/C20H36O6S/c1-3-5-7-9-11-13-15-25-19(21)17-18(27(23)24)20(22)26-16-14-12-10-8-6-4-2/h3-17H2,1-2H3. The van der Waals surface area contributed by atoms with Crippen LogP contribution in [0.2, 0.25) is 0 Å². The number of carbonyl (C=O) groups excluding carboxylic acids is 2. The van der Waals surface area contributed by atoms with E-state index in [0.717, 1.165) is 44.9 Å². The zero-order valence-electron chi connectivity index (χ0n) is 17.0. The van der Waals surface area contributed by atoms with Gasteiger partial charge in [0.05, 0.1) is 19.6 Å². The van der Waals surface area contributed by atoms with Crippen LogP contribution in [0.1, 0.15) is 97.3 Å². The Labute approximate surface area is 165 Å². The quantitative estimate of drug-likeness (QED) is 0.205. The number of ether oxygens (including phenoxy) is 2. The molecule has 0 fully saturated rings. The zero-order valence-corrected chi connectivity index (χ0v) is 17.8. The molecule has 0 heterocycles. The summed E-state index contributed by atoms with van der Waals surface area (Å²) in [6.45, 7) is 4.70. The first-order chi connectivity index (χ1) is 13.0. The van der Waals surface area contributed by atoms with E-state index in [4.69, 9.17) is 9.47 Å². The smallest absolute Gasteiger partial charge is 0.350 e. The highest BCUT2D eigenvalue weighted by Crippen LogP contribution is 2.06. The zero-order chi connectivity index (χ0) is 20.3. The molecular formula is C20H36O6S. The number of hydrogen-bond donors (Lipinski definition) is 0. The molecule has 0 aliphatic heterocycles. The highest BCUT2D eigenvalue weighted by molar-refractivity contribution is 7.74. The van der Waals surface area contributed by atoms with Crippen LogP contribution in [0.4, 0.5) is 0 Å². The van der Waals surface area contributed by atoms with Gasteiger partial charge >= 0.3 is 11.9 Å². The van der Waals surface area contributed by atoms with E-state index in [1.807, 2.05) is 0 Å². The lowest BCUT2D eigenvalue weighted by atomic mass is 10.1. The van der Waals surface area contributed by atoms with Gasteiger partial charge in [-0.2, -0.15) is 8.42 Å². The van der Waals surface area contributed by atoms with Gasteiger partial charge < -0.3 is 9.47 Å². The fraction of sp³-hybridized carbons (Fsp3) is 0.850. The molecule has 0 aliphatic carbocycles. The van der Waals surface area contributed by atoms with Gasteiger partial charge in [0.1, 0.15) is 0 Å². The first kappa shape index (κ1) is 25.6. The largest absolute Gasteiger partial charge is 0.465 e. The molecule has 7 heteroatoms. The fourth-order valence-electron chi connectivity index (χ4n) is 2.58. The molecule has 0 spiro atoms. The summed E-state index contributed by atoms with van der Waals surface area (Å²) in [6, 6.07) is 0. The predicted molar refractivity (Wildman–Crippen MR) is 107 cm³/mol. The van der Waals surface area contributed by atoms with Crippen LogP contribution in [0.15, 0.2) is 0 Å². The Balaban J connectivity index is 4.02. The maximum atomic E-state index is 11.9. The van der Waals surface area contributed by atoms with Crippen molar-refractivity contribution < 1.29 is 27.5 Å². The van der Waals surface area contributed by atoms with E-state index in [2.05, 4.69) is 13.8 Å². The highest BCUT2D eigenvalue weighted by Gasteiger charge is 2.20. The summed E-state index contributed by atoms with van der Waals surface area (Å²) in [4.78, 5) is 23.1. The first-order valence-corrected chi connectivity index (χ1v) is 11.4. The molecule has 0 aromatic rings. The third-order valence-electron chi connectivity index (χ3n) is 4.23. The van der Waals surface area contributed by atoms with Crippen LogP contribution in [-0.2, 0) is 29.4 Å².